The molecule has 4 rings (SSSR count). The van der Waals surface area contributed by atoms with Gasteiger partial charge in [0.05, 0.1) is 6.61 Å². The lowest BCUT2D eigenvalue weighted by Gasteiger charge is -2.17. The molecule has 0 spiro atoms. The highest BCUT2D eigenvalue weighted by Crippen LogP contribution is 2.26. The fourth-order valence-corrected chi connectivity index (χ4v) is 4.05. The van der Waals surface area contributed by atoms with Crippen LogP contribution in [0.25, 0.3) is 10.9 Å². The molecule has 0 aliphatic carbocycles. The second-order valence-corrected chi connectivity index (χ2v) is 8.45. The van der Waals surface area contributed by atoms with Gasteiger partial charge >= 0.3 is 0 Å². The molecular formula is C24H29FN6O2. The smallest absolute Gasteiger partial charge is 0.191 e. The molecule has 1 aromatic carbocycles. The van der Waals surface area contributed by atoms with Crippen molar-refractivity contribution in [1.29, 1.82) is 10.8 Å². The molecule has 8 nitrogen and oxygen atoms in total. The van der Waals surface area contributed by atoms with Crippen LogP contribution in [0, 0.1) is 16.6 Å². The van der Waals surface area contributed by atoms with E-state index in [1.807, 2.05) is 6.07 Å². The normalized spacial score (nSPS) is 17.4. The number of hydrogen-bond donors (Lipinski definition) is 3. The highest BCUT2D eigenvalue weighted by atomic mass is 19.1. The summed E-state index contributed by atoms with van der Waals surface area (Å²) in [5, 5.41) is 17.5. The van der Waals surface area contributed by atoms with Crippen LogP contribution in [0.4, 0.5) is 4.39 Å². The predicted octanol–water partition coefficient (Wildman–Crippen LogP) is 2.48. The van der Waals surface area contributed by atoms with Gasteiger partial charge in [-0.15, -0.1) is 0 Å². The number of rotatable bonds is 7. The minimum atomic E-state index is -0.583. The molecule has 1 fully saturated rings. The van der Waals surface area contributed by atoms with Crippen LogP contribution in [0.3, 0.4) is 0 Å². The second kappa shape index (κ2) is 9.78. The van der Waals surface area contributed by atoms with E-state index < -0.39 is 5.82 Å². The summed E-state index contributed by atoms with van der Waals surface area (Å²) in [5.74, 6) is -0.497. The molecule has 33 heavy (non-hydrogen) atoms. The summed E-state index contributed by atoms with van der Waals surface area (Å²) in [7, 11) is 1.56. The third kappa shape index (κ3) is 5.11. The summed E-state index contributed by atoms with van der Waals surface area (Å²) in [6.45, 7) is 4.58. The maximum Gasteiger partial charge on any atom is 0.191 e. The average molecular weight is 453 g/mol. The number of nitrogens with two attached hydrogens (primary N) is 1. The lowest BCUT2D eigenvalue weighted by Crippen LogP contribution is -2.29. The molecule has 2 aromatic heterocycles. The Morgan fingerprint density at radius 3 is 2.79 bits per heavy atom. The van der Waals surface area contributed by atoms with E-state index in [9.17, 15) is 0 Å². The lowest BCUT2D eigenvalue weighted by atomic mass is 10.1. The van der Waals surface area contributed by atoms with Crippen molar-refractivity contribution in [1.82, 2.24) is 14.5 Å². The van der Waals surface area contributed by atoms with Gasteiger partial charge in [-0.25, -0.2) is 9.37 Å². The first kappa shape index (κ1) is 23.0. The average Bonchev–Trinajstić information content (AvgIpc) is 3.21. The fourth-order valence-electron chi connectivity index (χ4n) is 4.05. The van der Waals surface area contributed by atoms with Gasteiger partial charge in [-0.2, -0.15) is 0 Å². The number of methoxy groups -OCH3 is 1. The molecule has 0 radical (unpaired) electrons. The van der Waals surface area contributed by atoms with Crippen LogP contribution in [-0.4, -0.2) is 59.2 Å². The number of nitrogens with one attached hydrogen (secondary N) is 2. The highest BCUT2D eigenvalue weighted by Gasteiger charge is 2.20. The predicted molar refractivity (Wildman–Crippen MR) is 124 cm³/mol. The van der Waals surface area contributed by atoms with Crippen LogP contribution in [0.2, 0.25) is 0 Å². The molecule has 3 aromatic rings. The SMILES string of the molecule is COCC(C)Oc1ccc2ccc(C(=N)n3cc(CN4CCC(N)C4)ccc3=N)nc2c1F. The number of hydrogen-bond acceptors (Lipinski definition) is 7. The maximum atomic E-state index is 15.2. The Morgan fingerprint density at radius 1 is 1.27 bits per heavy atom. The minimum absolute atomic E-state index is 0.000320. The van der Waals surface area contributed by atoms with Gasteiger partial charge in [-0.05, 0) is 43.2 Å². The molecule has 0 bridgehead atoms. The standard InChI is InChI=1S/C24H29FN6O2/c1-15(14-32-2)33-20-7-5-17-4-6-19(29-23(17)22(20)25)24(28)31-12-16(3-8-21(31)27)11-30-10-9-18(26)13-30/h3-8,12,15,18,27-28H,9-11,13-14,26H2,1-2H3. The summed E-state index contributed by atoms with van der Waals surface area (Å²) in [6, 6.07) is 10.4. The number of likely N-dealkylation sites (tertiary alicyclic amines) is 1. The van der Waals surface area contributed by atoms with Gasteiger partial charge in [0.2, 0.25) is 0 Å². The summed E-state index contributed by atoms with van der Waals surface area (Å²) < 4.78 is 27.3. The Kier molecular flexibility index (Phi) is 6.83. The topological polar surface area (TPSA) is 113 Å². The zero-order valence-corrected chi connectivity index (χ0v) is 18.8. The fraction of sp³-hybridized carbons (Fsp3) is 0.375. The van der Waals surface area contributed by atoms with Crippen molar-refractivity contribution >= 4 is 16.7 Å². The number of benzene rings is 1. The molecule has 1 aliphatic heterocycles. The maximum absolute atomic E-state index is 15.2. The van der Waals surface area contributed by atoms with Crippen molar-refractivity contribution in [3.63, 3.8) is 0 Å². The largest absolute Gasteiger partial charge is 0.485 e. The number of halogens is 1. The Bertz CT molecular complexity index is 1230. The first-order valence-electron chi connectivity index (χ1n) is 10.9. The zero-order valence-electron chi connectivity index (χ0n) is 18.8. The Labute approximate surface area is 191 Å². The van der Waals surface area contributed by atoms with E-state index >= 15 is 4.39 Å². The number of fused-ring (bicyclic) bond motifs is 1. The van der Waals surface area contributed by atoms with Crippen molar-refractivity contribution in [3.05, 3.63) is 65.2 Å². The molecule has 3 heterocycles. The Hall–Kier alpha value is -3.14. The van der Waals surface area contributed by atoms with E-state index in [0.29, 0.717) is 18.5 Å². The van der Waals surface area contributed by atoms with Crippen LogP contribution in [0.5, 0.6) is 5.75 Å². The molecular weight excluding hydrogens is 423 g/mol. The van der Waals surface area contributed by atoms with E-state index in [1.165, 1.54) is 4.57 Å². The molecule has 9 heteroatoms. The number of ether oxygens (including phenoxy) is 2. The Morgan fingerprint density at radius 2 is 2.06 bits per heavy atom. The van der Waals surface area contributed by atoms with Crippen LogP contribution >= 0.6 is 0 Å². The van der Waals surface area contributed by atoms with E-state index in [0.717, 1.165) is 25.1 Å². The molecule has 0 amide bonds. The van der Waals surface area contributed by atoms with Gasteiger partial charge in [0.25, 0.3) is 0 Å². The zero-order chi connectivity index (χ0) is 23.5. The third-order valence-corrected chi connectivity index (χ3v) is 5.70. The van der Waals surface area contributed by atoms with Gasteiger partial charge in [0.15, 0.2) is 17.4 Å². The minimum Gasteiger partial charge on any atom is -0.485 e. The van der Waals surface area contributed by atoms with E-state index in [2.05, 4.69) is 9.88 Å². The van der Waals surface area contributed by atoms with Crippen LogP contribution < -0.4 is 16.0 Å². The third-order valence-electron chi connectivity index (χ3n) is 5.70. The van der Waals surface area contributed by atoms with Crippen LogP contribution in [-0.2, 0) is 11.3 Å². The summed E-state index contributed by atoms with van der Waals surface area (Å²) >= 11 is 0. The molecule has 1 saturated heterocycles. The van der Waals surface area contributed by atoms with Gasteiger partial charge in [0.1, 0.15) is 22.8 Å². The molecule has 2 atom stereocenters. The van der Waals surface area contributed by atoms with Gasteiger partial charge in [-0.3, -0.25) is 20.3 Å². The van der Waals surface area contributed by atoms with Crippen molar-refractivity contribution in [2.45, 2.75) is 32.0 Å². The lowest BCUT2D eigenvalue weighted by molar-refractivity contribution is 0.0895. The highest BCUT2D eigenvalue weighted by molar-refractivity contribution is 5.98. The van der Waals surface area contributed by atoms with Gasteiger partial charge < -0.3 is 15.2 Å². The van der Waals surface area contributed by atoms with E-state index in [4.69, 9.17) is 26.0 Å². The van der Waals surface area contributed by atoms with Gasteiger partial charge in [-0.1, -0.05) is 12.1 Å². The van der Waals surface area contributed by atoms with Crippen LogP contribution in [0.15, 0.2) is 42.6 Å². The van der Waals surface area contributed by atoms with Crippen molar-refractivity contribution in [3.8, 4) is 5.75 Å². The van der Waals surface area contributed by atoms with Crippen molar-refractivity contribution in [2.24, 2.45) is 5.73 Å². The number of nitrogens with zero attached hydrogens (tertiary/aromatic N) is 3. The Balaban J connectivity index is 1.63. The first-order chi connectivity index (χ1) is 15.9. The monoisotopic (exact) mass is 452 g/mol. The molecule has 1 aliphatic rings. The molecule has 4 N–H and O–H groups in total. The molecule has 174 valence electrons. The van der Waals surface area contributed by atoms with Crippen molar-refractivity contribution in [2.75, 3.05) is 26.8 Å². The van der Waals surface area contributed by atoms with E-state index in [-0.39, 0.29) is 40.4 Å². The van der Waals surface area contributed by atoms with Gasteiger partial charge in [0, 0.05) is 44.4 Å². The summed E-state index contributed by atoms with van der Waals surface area (Å²) in [4.78, 5) is 6.66. The molecule has 0 saturated carbocycles. The molecule has 2 unspecified atom stereocenters. The summed E-state index contributed by atoms with van der Waals surface area (Å²) in [6.07, 6.45) is 2.41. The first-order valence-corrected chi connectivity index (χ1v) is 10.9. The van der Waals surface area contributed by atoms with Crippen molar-refractivity contribution < 1.29 is 13.9 Å². The summed E-state index contributed by atoms with van der Waals surface area (Å²) in [5.41, 5.74) is 7.51. The van der Waals surface area contributed by atoms with Crippen LogP contribution in [0.1, 0.15) is 24.6 Å². The number of aromatic nitrogens is 2. The number of pyridine rings is 2. The second-order valence-electron chi connectivity index (χ2n) is 8.45. The van der Waals surface area contributed by atoms with E-state index in [1.54, 1.807) is 50.6 Å². The quantitative estimate of drug-likeness (QED) is 0.377.